The van der Waals surface area contributed by atoms with E-state index in [9.17, 15) is 0 Å². The van der Waals surface area contributed by atoms with Gasteiger partial charge in [-0.05, 0) is 6.42 Å². The summed E-state index contributed by atoms with van der Waals surface area (Å²) in [6.07, 6.45) is 1.26. The van der Waals surface area contributed by atoms with Crippen molar-refractivity contribution in [1.29, 1.82) is 0 Å². The molecule has 0 spiro atoms. The summed E-state index contributed by atoms with van der Waals surface area (Å²) in [7, 11) is -1.98. The Hall–Kier alpha value is 0.174. The van der Waals surface area contributed by atoms with Crippen molar-refractivity contribution in [2.45, 2.75) is 52.6 Å². The van der Waals surface area contributed by atoms with Gasteiger partial charge in [0.2, 0.25) is 0 Å². The molecular formula is C10H24Si2. The van der Waals surface area contributed by atoms with Gasteiger partial charge in [0.05, 0.1) is 16.1 Å². The summed E-state index contributed by atoms with van der Waals surface area (Å²) >= 11 is 0. The van der Waals surface area contributed by atoms with E-state index in [4.69, 9.17) is 0 Å². The Kier molecular flexibility index (Phi) is 3.98. The lowest BCUT2D eigenvalue weighted by Gasteiger charge is -2.23. The Bertz CT molecular complexity index is 167. The lowest BCUT2D eigenvalue weighted by molar-refractivity contribution is 1.17. The molecule has 0 amide bonds. The van der Waals surface area contributed by atoms with Gasteiger partial charge >= 0.3 is 0 Å². The Labute approximate surface area is 80.1 Å². The normalized spacial score (nSPS) is 15.1. The molecule has 0 nitrogen and oxygen atoms in total. The third-order valence-electron chi connectivity index (χ3n) is 1.95. The second kappa shape index (κ2) is 3.92. The summed E-state index contributed by atoms with van der Waals surface area (Å²) in [4.78, 5) is 0. The third kappa shape index (κ3) is 4.93. The van der Waals surface area contributed by atoms with Crippen LogP contribution in [0.2, 0.25) is 39.3 Å². The Morgan fingerprint density at radius 1 is 1.00 bits per heavy atom. The van der Waals surface area contributed by atoms with Gasteiger partial charge in [-0.15, -0.1) is 0 Å². The fourth-order valence-electron chi connectivity index (χ4n) is 1.37. The lowest BCUT2D eigenvalue weighted by Crippen LogP contribution is -2.28. The summed E-state index contributed by atoms with van der Waals surface area (Å²) in [5, 5.41) is 1.77. The van der Waals surface area contributed by atoms with Gasteiger partial charge in [-0.3, -0.25) is 0 Å². The number of rotatable bonds is 3. The molecule has 0 radical (unpaired) electrons. The Balaban J connectivity index is 4.68. The molecule has 0 heterocycles. The smallest absolute Gasteiger partial charge is 0.0715 e. The first-order chi connectivity index (χ1) is 5.17. The molecule has 0 unspecified atom stereocenters. The van der Waals surface area contributed by atoms with Crippen LogP contribution in [0.3, 0.4) is 0 Å². The minimum atomic E-state index is -1.00. The molecule has 0 aliphatic carbocycles. The van der Waals surface area contributed by atoms with E-state index in [0.29, 0.717) is 0 Å². The van der Waals surface area contributed by atoms with Gasteiger partial charge in [-0.1, -0.05) is 57.1 Å². The summed E-state index contributed by atoms with van der Waals surface area (Å²) in [5.74, 6) is 0. The standard InChI is InChI=1S/C10H24Si2/c1-8-10(12(5,6)7)9-11(2,3)4/h9H,8H2,1-7H3/b10-9+. The van der Waals surface area contributed by atoms with E-state index in [1.807, 2.05) is 0 Å². The van der Waals surface area contributed by atoms with Crippen molar-refractivity contribution in [3.05, 3.63) is 10.9 Å². The number of hydrogen-bond donors (Lipinski definition) is 0. The molecule has 0 bridgehead atoms. The summed E-state index contributed by atoms with van der Waals surface area (Å²) in [6, 6.07) is 0. The van der Waals surface area contributed by atoms with Gasteiger partial charge in [0.15, 0.2) is 0 Å². The van der Waals surface area contributed by atoms with Gasteiger partial charge in [-0.2, -0.15) is 0 Å². The molecule has 0 saturated heterocycles. The van der Waals surface area contributed by atoms with Crippen LogP contribution in [0.15, 0.2) is 10.9 Å². The highest BCUT2D eigenvalue weighted by atomic mass is 28.3. The first-order valence-corrected chi connectivity index (χ1v) is 12.0. The van der Waals surface area contributed by atoms with Crippen molar-refractivity contribution < 1.29 is 0 Å². The average Bonchev–Trinajstić information content (AvgIpc) is 1.78. The third-order valence-corrected chi connectivity index (χ3v) is 5.88. The van der Waals surface area contributed by atoms with Crippen LogP contribution >= 0.6 is 0 Å². The van der Waals surface area contributed by atoms with Gasteiger partial charge in [0.1, 0.15) is 0 Å². The molecule has 0 saturated carbocycles. The van der Waals surface area contributed by atoms with Crippen LogP contribution in [-0.2, 0) is 0 Å². The van der Waals surface area contributed by atoms with Crippen molar-refractivity contribution in [3.8, 4) is 0 Å². The molecule has 0 aliphatic rings. The van der Waals surface area contributed by atoms with Crippen LogP contribution in [0.1, 0.15) is 13.3 Å². The zero-order valence-electron chi connectivity index (χ0n) is 9.78. The summed E-state index contributed by atoms with van der Waals surface area (Å²) in [5.41, 5.74) is 2.61. The van der Waals surface area contributed by atoms with Crippen molar-refractivity contribution in [3.63, 3.8) is 0 Å². The summed E-state index contributed by atoms with van der Waals surface area (Å²) < 4.78 is 0. The highest BCUT2D eigenvalue weighted by Gasteiger charge is 2.20. The SMILES string of the molecule is CC/C(=C\[Si](C)(C)C)[Si](C)(C)C. The van der Waals surface area contributed by atoms with E-state index < -0.39 is 16.1 Å². The highest BCUT2D eigenvalue weighted by molar-refractivity contribution is 6.87. The van der Waals surface area contributed by atoms with Crippen molar-refractivity contribution in [2.24, 2.45) is 0 Å². The Morgan fingerprint density at radius 2 is 1.42 bits per heavy atom. The maximum absolute atomic E-state index is 2.61. The second-order valence-electron chi connectivity index (χ2n) is 5.64. The van der Waals surface area contributed by atoms with E-state index in [0.717, 1.165) is 0 Å². The highest BCUT2D eigenvalue weighted by Crippen LogP contribution is 2.20. The molecular weight excluding hydrogens is 176 g/mol. The predicted molar refractivity (Wildman–Crippen MR) is 65.1 cm³/mol. The van der Waals surface area contributed by atoms with Gasteiger partial charge in [-0.25, -0.2) is 0 Å². The van der Waals surface area contributed by atoms with E-state index in [1.165, 1.54) is 6.42 Å². The monoisotopic (exact) mass is 200 g/mol. The quantitative estimate of drug-likeness (QED) is 0.602. The zero-order valence-corrected chi connectivity index (χ0v) is 11.8. The number of allylic oxidation sites excluding steroid dienone is 1. The van der Waals surface area contributed by atoms with Crippen LogP contribution in [0.25, 0.3) is 0 Å². The molecule has 0 N–H and O–H groups in total. The minimum Gasteiger partial charge on any atom is -0.0995 e. The van der Waals surface area contributed by atoms with E-state index >= 15 is 0 Å². The van der Waals surface area contributed by atoms with Crippen molar-refractivity contribution in [1.82, 2.24) is 0 Å². The van der Waals surface area contributed by atoms with E-state index in [1.54, 1.807) is 5.20 Å². The first-order valence-electron chi connectivity index (χ1n) is 4.89. The van der Waals surface area contributed by atoms with E-state index in [-0.39, 0.29) is 0 Å². The maximum atomic E-state index is 2.61. The van der Waals surface area contributed by atoms with E-state index in [2.05, 4.69) is 51.9 Å². The van der Waals surface area contributed by atoms with Crippen LogP contribution in [0.4, 0.5) is 0 Å². The van der Waals surface area contributed by atoms with Crippen molar-refractivity contribution in [2.75, 3.05) is 0 Å². The van der Waals surface area contributed by atoms with Crippen LogP contribution in [0, 0.1) is 0 Å². The minimum absolute atomic E-state index is 0.978. The predicted octanol–water partition coefficient (Wildman–Crippen LogP) is 4.08. The van der Waals surface area contributed by atoms with Gasteiger partial charge in [0, 0.05) is 0 Å². The Morgan fingerprint density at radius 3 is 1.50 bits per heavy atom. The molecule has 0 fully saturated rings. The van der Waals surface area contributed by atoms with Crippen LogP contribution in [0.5, 0.6) is 0 Å². The summed E-state index contributed by atoms with van der Waals surface area (Å²) in [6.45, 7) is 16.9. The molecule has 0 aromatic rings. The largest absolute Gasteiger partial charge is 0.0995 e. The zero-order chi connectivity index (χ0) is 9.99. The van der Waals surface area contributed by atoms with Crippen LogP contribution in [-0.4, -0.2) is 16.1 Å². The second-order valence-corrected chi connectivity index (χ2v) is 15.8. The number of hydrogen-bond acceptors (Lipinski definition) is 0. The first kappa shape index (κ1) is 12.2. The van der Waals surface area contributed by atoms with Gasteiger partial charge < -0.3 is 0 Å². The fourth-order valence-corrected chi connectivity index (χ4v) is 6.71. The van der Waals surface area contributed by atoms with Gasteiger partial charge in [0.25, 0.3) is 0 Å². The van der Waals surface area contributed by atoms with Crippen LogP contribution < -0.4 is 0 Å². The molecule has 2 heteroatoms. The lowest BCUT2D eigenvalue weighted by atomic mass is 10.5. The molecule has 0 rings (SSSR count). The molecule has 72 valence electrons. The molecule has 12 heavy (non-hydrogen) atoms. The topological polar surface area (TPSA) is 0 Å². The molecule has 0 atom stereocenters. The maximum Gasteiger partial charge on any atom is 0.0715 e. The van der Waals surface area contributed by atoms with Crippen molar-refractivity contribution >= 4 is 16.1 Å². The molecule has 0 aromatic carbocycles. The fraction of sp³-hybridized carbons (Fsp3) is 0.800. The molecule has 0 aliphatic heterocycles. The molecule has 0 aromatic heterocycles. The average molecular weight is 200 g/mol.